The molecule has 1 fully saturated rings. The molecule has 1 aromatic rings. The lowest BCUT2D eigenvalue weighted by molar-refractivity contribution is -0.138. The molecule has 1 aromatic carbocycles. The van der Waals surface area contributed by atoms with Crippen LogP contribution in [0.5, 0.6) is 0 Å². The van der Waals surface area contributed by atoms with E-state index in [0.717, 1.165) is 5.56 Å². The van der Waals surface area contributed by atoms with Gasteiger partial charge in [0.2, 0.25) is 17.7 Å². The van der Waals surface area contributed by atoms with Crippen molar-refractivity contribution >= 4 is 35.2 Å². The number of rotatable bonds is 5. The molecule has 0 saturated carbocycles. The minimum atomic E-state index is -0.262. The Bertz CT molecular complexity index is 574. The summed E-state index contributed by atoms with van der Waals surface area (Å²) >= 11 is 1.49. The lowest BCUT2D eigenvalue weighted by Crippen LogP contribution is -2.42. The van der Waals surface area contributed by atoms with Gasteiger partial charge in [-0.1, -0.05) is 17.7 Å². The van der Waals surface area contributed by atoms with Crippen LogP contribution >= 0.6 is 11.8 Å². The van der Waals surface area contributed by atoms with Gasteiger partial charge in [-0.3, -0.25) is 14.4 Å². The summed E-state index contributed by atoms with van der Waals surface area (Å²) < 4.78 is 0. The van der Waals surface area contributed by atoms with Gasteiger partial charge in [-0.25, -0.2) is 0 Å². The van der Waals surface area contributed by atoms with Crippen LogP contribution in [0.1, 0.15) is 5.56 Å². The maximum Gasteiger partial charge on any atom is 0.243 e. The van der Waals surface area contributed by atoms with E-state index in [1.54, 1.807) is 7.05 Å². The molecule has 1 heterocycles. The van der Waals surface area contributed by atoms with E-state index in [1.807, 2.05) is 31.2 Å². The van der Waals surface area contributed by atoms with Gasteiger partial charge in [-0.05, 0) is 19.1 Å². The van der Waals surface area contributed by atoms with Crippen molar-refractivity contribution in [2.24, 2.45) is 0 Å². The van der Waals surface area contributed by atoms with Crippen LogP contribution in [0.25, 0.3) is 0 Å². The van der Waals surface area contributed by atoms with Gasteiger partial charge in [0.1, 0.15) is 6.54 Å². The van der Waals surface area contributed by atoms with E-state index in [2.05, 4.69) is 5.32 Å². The number of nitrogens with zero attached hydrogens (tertiary/aromatic N) is 2. The Labute approximate surface area is 133 Å². The van der Waals surface area contributed by atoms with Crippen molar-refractivity contribution in [3.05, 3.63) is 29.8 Å². The van der Waals surface area contributed by atoms with Crippen LogP contribution in [-0.2, 0) is 14.4 Å². The van der Waals surface area contributed by atoms with Crippen LogP contribution in [0.15, 0.2) is 24.3 Å². The Morgan fingerprint density at radius 2 is 2.00 bits per heavy atom. The number of amides is 3. The van der Waals surface area contributed by atoms with Crippen molar-refractivity contribution in [3.8, 4) is 0 Å². The highest BCUT2D eigenvalue weighted by atomic mass is 32.2. The summed E-state index contributed by atoms with van der Waals surface area (Å²) in [5, 5.41) is 2.74. The lowest BCUT2D eigenvalue weighted by atomic mass is 10.2. The lowest BCUT2D eigenvalue weighted by Gasteiger charge is -2.20. The molecule has 3 amide bonds. The van der Waals surface area contributed by atoms with Gasteiger partial charge in [-0.15, -0.1) is 11.8 Å². The topological polar surface area (TPSA) is 69.7 Å². The normalized spacial score (nSPS) is 14.1. The van der Waals surface area contributed by atoms with Gasteiger partial charge in [0.05, 0.1) is 18.2 Å². The Morgan fingerprint density at radius 1 is 1.32 bits per heavy atom. The maximum absolute atomic E-state index is 12.0. The van der Waals surface area contributed by atoms with Gasteiger partial charge < -0.3 is 15.1 Å². The average Bonchev–Trinajstić information content (AvgIpc) is 2.86. The summed E-state index contributed by atoms with van der Waals surface area (Å²) in [7, 11) is 1.56. The summed E-state index contributed by atoms with van der Waals surface area (Å²) in [6.45, 7) is 1.96. The zero-order valence-electron chi connectivity index (χ0n) is 12.7. The first-order valence-electron chi connectivity index (χ1n) is 6.91. The fraction of sp³-hybridized carbons (Fsp3) is 0.400. The SMILES string of the molecule is Cc1ccc(NC(=O)CN(C)C(=O)CN2CSCC2=O)cc1. The molecule has 22 heavy (non-hydrogen) atoms. The zero-order valence-corrected chi connectivity index (χ0v) is 13.5. The Balaban J connectivity index is 1.81. The van der Waals surface area contributed by atoms with E-state index in [0.29, 0.717) is 17.3 Å². The maximum atomic E-state index is 12.0. The van der Waals surface area contributed by atoms with Crippen LogP contribution in [0, 0.1) is 6.92 Å². The van der Waals surface area contributed by atoms with E-state index < -0.39 is 0 Å². The van der Waals surface area contributed by atoms with Crippen molar-refractivity contribution in [1.82, 2.24) is 9.80 Å². The number of carbonyl (C=O) groups is 3. The van der Waals surface area contributed by atoms with Crippen LogP contribution in [0.3, 0.4) is 0 Å². The first kappa shape index (κ1) is 16.4. The van der Waals surface area contributed by atoms with Gasteiger partial charge in [0.15, 0.2) is 0 Å². The molecular weight excluding hydrogens is 302 g/mol. The van der Waals surface area contributed by atoms with E-state index >= 15 is 0 Å². The average molecular weight is 321 g/mol. The van der Waals surface area contributed by atoms with Crippen molar-refractivity contribution in [2.75, 3.05) is 37.1 Å². The second-order valence-electron chi connectivity index (χ2n) is 5.23. The standard InChI is InChI=1S/C15H19N3O3S/c1-11-3-5-12(6-4-11)16-13(19)7-17(2)14(20)8-18-10-22-9-15(18)21/h3-6H,7-10H2,1-2H3,(H,16,19). The quantitative estimate of drug-likeness (QED) is 0.876. The third-order valence-corrected chi connectivity index (χ3v) is 4.24. The molecule has 1 N–H and O–H groups in total. The van der Waals surface area contributed by atoms with Crippen LogP contribution in [0.2, 0.25) is 0 Å². The van der Waals surface area contributed by atoms with Crippen molar-refractivity contribution < 1.29 is 14.4 Å². The third-order valence-electron chi connectivity index (χ3n) is 3.29. The number of hydrogen-bond acceptors (Lipinski definition) is 4. The van der Waals surface area contributed by atoms with Crippen LogP contribution in [0.4, 0.5) is 5.69 Å². The van der Waals surface area contributed by atoms with Crippen LogP contribution < -0.4 is 5.32 Å². The Hall–Kier alpha value is -2.02. The van der Waals surface area contributed by atoms with Gasteiger partial charge in [-0.2, -0.15) is 0 Å². The summed E-state index contributed by atoms with van der Waals surface area (Å²) in [6.07, 6.45) is 0. The first-order valence-corrected chi connectivity index (χ1v) is 8.07. The summed E-state index contributed by atoms with van der Waals surface area (Å²) in [5.41, 5.74) is 1.81. The largest absolute Gasteiger partial charge is 0.335 e. The number of thioether (sulfide) groups is 1. The number of carbonyl (C=O) groups excluding carboxylic acids is 3. The number of benzene rings is 1. The van der Waals surface area contributed by atoms with Crippen molar-refractivity contribution in [2.45, 2.75) is 6.92 Å². The number of nitrogens with one attached hydrogen (secondary N) is 1. The summed E-state index contributed by atoms with van der Waals surface area (Å²) in [4.78, 5) is 38.3. The molecule has 0 unspecified atom stereocenters. The fourth-order valence-electron chi connectivity index (χ4n) is 1.97. The Kier molecular flexibility index (Phi) is 5.43. The molecule has 7 heteroatoms. The van der Waals surface area contributed by atoms with E-state index in [-0.39, 0.29) is 30.8 Å². The first-order chi connectivity index (χ1) is 10.5. The molecule has 1 saturated heterocycles. The Morgan fingerprint density at radius 3 is 2.59 bits per heavy atom. The molecule has 118 valence electrons. The number of anilines is 1. The molecule has 1 aliphatic heterocycles. The number of hydrogen-bond donors (Lipinski definition) is 1. The van der Waals surface area contributed by atoms with E-state index in [1.165, 1.54) is 21.6 Å². The molecular formula is C15H19N3O3S. The molecule has 0 spiro atoms. The smallest absolute Gasteiger partial charge is 0.243 e. The fourth-order valence-corrected chi connectivity index (χ4v) is 2.87. The number of aryl methyl sites for hydroxylation is 1. The molecule has 0 bridgehead atoms. The van der Waals surface area contributed by atoms with E-state index in [4.69, 9.17) is 0 Å². The highest BCUT2D eigenvalue weighted by Gasteiger charge is 2.24. The van der Waals surface area contributed by atoms with E-state index in [9.17, 15) is 14.4 Å². The summed E-state index contributed by atoms with van der Waals surface area (Å²) in [6, 6.07) is 7.44. The molecule has 0 atom stereocenters. The summed E-state index contributed by atoms with van der Waals surface area (Å²) in [5.74, 6) is 0.423. The van der Waals surface area contributed by atoms with Gasteiger partial charge in [0.25, 0.3) is 0 Å². The predicted octanol–water partition coefficient (Wildman–Crippen LogP) is 0.925. The number of likely N-dealkylation sites (N-methyl/N-ethyl adjacent to an activating group) is 1. The zero-order chi connectivity index (χ0) is 16.1. The highest BCUT2D eigenvalue weighted by Crippen LogP contribution is 2.14. The van der Waals surface area contributed by atoms with Crippen LogP contribution in [-0.4, -0.2) is 59.3 Å². The van der Waals surface area contributed by atoms with Crippen molar-refractivity contribution in [1.29, 1.82) is 0 Å². The minimum absolute atomic E-state index is 0.0279. The highest BCUT2D eigenvalue weighted by molar-refractivity contribution is 8.00. The predicted molar refractivity (Wildman–Crippen MR) is 86.5 cm³/mol. The molecule has 0 aromatic heterocycles. The third kappa shape index (κ3) is 4.49. The molecule has 6 nitrogen and oxygen atoms in total. The van der Waals surface area contributed by atoms with Gasteiger partial charge >= 0.3 is 0 Å². The molecule has 0 aliphatic carbocycles. The molecule has 0 radical (unpaired) electrons. The van der Waals surface area contributed by atoms with Crippen molar-refractivity contribution in [3.63, 3.8) is 0 Å². The molecule has 2 rings (SSSR count). The second-order valence-corrected chi connectivity index (χ2v) is 6.19. The van der Waals surface area contributed by atoms with Gasteiger partial charge in [0, 0.05) is 12.7 Å². The molecule has 1 aliphatic rings. The monoisotopic (exact) mass is 321 g/mol. The minimum Gasteiger partial charge on any atom is -0.335 e. The second kappa shape index (κ2) is 7.31.